The van der Waals surface area contributed by atoms with Crippen LogP contribution >= 0.6 is 23.1 Å². The summed E-state index contributed by atoms with van der Waals surface area (Å²) < 4.78 is 13.7. The Labute approximate surface area is 165 Å². The van der Waals surface area contributed by atoms with Crippen molar-refractivity contribution in [1.82, 2.24) is 15.1 Å². The fourth-order valence-electron chi connectivity index (χ4n) is 2.26. The number of carbonyl (C=O) groups excluding carboxylic acids is 1. The van der Waals surface area contributed by atoms with Crippen LogP contribution < -0.4 is 5.32 Å². The molecule has 3 rings (SSSR count). The van der Waals surface area contributed by atoms with Crippen LogP contribution in [0.2, 0.25) is 0 Å². The van der Waals surface area contributed by atoms with Gasteiger partial charge in [-0.3, -0.25) is 4.79 Å². The van der Waals surface area contributed by atoms with Crippen molar-refractivity contribution >= 4 is 39.8 Å². The first-order chi connectivity index (χ1) is 13.0. The van der Waals surface area contributed by atoms with Gasteiger partial charge in [0.25, 0.3) is 0 Å². The summed E-state index contributed by atoms with van der Waals surface area (Å²) >= 11 is 2.77. The third kappa shape index (κ3) is 5.77. The van der Waals surface area contributed by atoms with Crippen LogP contribution in [0, 0.1) is 12.7 Å². The van der Waals surface area contributed by atoms with Gasteiger partial charge in [-0.25, -0.2) is 4.39 Å². The largest absolute Gasteiger partial charge is 0.341 e. The number of benzene rings is 2. The molecule has 1 N–H and O–H groups in total. The van der Waals surface area contributed by atoms with Crippen LogP contribution in [0.15, 0.2) is 52.9 Å². The number of rotatable bonds is 7. The molecule has 27 heavy (non-hydrogen) atoms. The second kappa shape index (κ2) is 8.96. The molecule has 140 valence electrons. The highest BCUT2D eigenvalue weighted by molar-refractivity contribution is 8.01. The first-order valence-corrected chi connectivity index (χ1v) is 10.1. The molecule has 0 fully saturated rings. The van der Waals surface area contributed by atoms with Crippen molar-refractivity contribution in [3.05, 3.63) is 65.5 Å². The van der Waals surface area contributed by atoms with Crippen LogP contribution in [-0.2, 0) is 11.3 Å². The molecule has 1 amide bonds. The molecular formula is C19H19FN4OS2. The Hall–Kier alpha value is -2.45. The molecular weight excluding hydrogens is 383 g/mol. The van der Waals surface area contributed by atoms with Gasteiger partial charge >= 0.3 is 0 Å². The van der Waals surface area contributed by atoms with Crippen LogP contribution in [0.25, 0.3) is 0 Å². The van der Waals surface area contributed by atoms with Gasteiger partial charge in [0.2, 0.25) is 11.0 Å². The Morgan fingerprint density at radius 2 is 1.85 bits per heavy atom. The van der Waals surface area contributed by atoms with Crippen molar-refractivity contribution in [2.75, 3.05) is 18.1 Å². The van der Waals surface area contributed by atoms with E-state index in [1.165, 1.54) is 40.8 Å². The van der Waals surface area contributed by atoms with Gasteiger partial charge in [-0.2, -0.15) is 0 Å². The van der Waals surface area contributed by atoms with Crippen LogP contribution in [0.5, 0.6) is 0 Å². The summed E-state index contributed by atoms with van der Waals surface area (Å²) in [7, 11) is 1.73. The molecule has 0 aliphatic heterocycles. The number of thioether (sulfide) groups is 1. The van der Waals surface area contributed by atoms with Gasteiger partial charge < -0.3 is 10.2 Å². The first-order valence-electron chi connectivity index (χ1n) is 8.28. The highest BCUT2D eigenvalue weighted by atomic mass is 32.2. The van der Waals surface area contributed by atoms with Crippen molar-refractivity contribution in [3.8, 4) is 0 Å². The predicted octanol–water partition coefficient (Wildman–Crippen LogP) is 4.48. The smallest absolute Gasteiger partial charge is 0.233 e. The minimum absolute atomic E-state index is 0.0208. The molecule has 0 aliphatic carbocycles. The lowest BCUT2D eigenvalue weighted by Crippen LogP contribution is -2.27. The lowest BCUT2D eigenvalue weighted by atomic mass is 10.2. The molecule has 0 bridgehead atoms. The average Bonchev–Trinajstić information content (AvgIpc) is 3.11. The normalized spacial score (nSPS) is 10.6. The summed E-state index contributed by atoms with van der Waals surface area (Å²) in [4.78, 5) is 13.9. The molecule has 1 heterocycles. The van der Waals surface area contributed by atoms with E-state index in [4.69, 9.17) is 0 Å². The zero-order valence-electron chi connectivity index (χ0n) is 15.0. The second-order valence-corrected chi connectivity index (χ2v) is 8.23. The van der Waals surface area contributed by atoms with E-state index in [1.54, 1.807) is 24.1 Å². The topological polar surface area (TPSA) is 58.1 Å². The third-order valence-corrected chi connectivity index (χ3v) is 5.74. The number of nitrogens with one attached hydrogen (secondary N) is 1. The number of anilines is 2. The number of amides is 1. The van der Waals surface area contributed by atoms with Crippen molar-refractivity contribution in [3.63, 3.8) is 0 Å². The van der Waals surface area contributed by atoms with Crippen molar-refractivity contribution < 1.29 is 9.18 Å². The Morgan fingerprint density at radius 1 is 1.15 bits per heavy atom. The van der Waals surface area contributed by atoms with Crippen molar-refractivity contribution in [2.24, 2.45) is 0 Å². The van der Waals surface area contributed by atoms with Gasteiger partial charge in [-0.1, -0.05) is 52.9 Å². The molecule has 0 atom stereocenters. The van der Waals surface area contributed by atoms with Crippen LogP contribution in [0.4, 0.5) is 15.2 Å². The van der Waals surface area contributed by atoms with E-state index in [0.717, 1.165) is 15.6 Å². The number of carbonyl (C=O) groups is 1. The molecule has 0 saturated carbocycles. The van der Waals surface area contributed by atoms with Gasteiger partial charge in [0.15, 0.2) is 4.34 Å². The maximum atomic E-state index is 12.9. The number of halogens is 1. The molecule has 2 aromatic carbocycles. The van der Waals surface area contributed by atoms with Crippen LogP contribution in [0.1, 0.15) is 11.1 Å². The van der Waals surface area contributed by atoms with E-state index in [1.807, 2.05) is 31.2 Å². The number of aromatic nitrogens is 2. The maximum absolute atomic E-state index is 12.9. The fourth-order valence-corrected chi connectivity index (χ4v) is 3.98. The van der Waals surface area contributed by atoms with E-state index in [2.05, 4.69) is 15.5 Å². The lowest BCUT2D eigenvalue weighted by Gasteiger charge is -2.16. The summed E-state index contributed by atoms with van der Waals surface area (Å²) in [5, 5.41) is 12.1. The van der Waals surface area contributed by atoms with E-state index in [-0.39, 0.29) is 17.5 Å². The Kier molecular flexibility index (Phi) is 6.41. The summed E-state index contributed by atoms with van der Waals surface area (Å²) in [6.07, 6.45) is 0. The third-order valence-electron chi connectivity index (χ3n) is 3.79. The second-order valence-electron chi connectivity index (χ2n) is 6.03. The van der Waals surface area contributed by atoms with Crippen molar-refractivity contribution in [2.45, 2.75) is 17.8 Å². The number of hydrogen-bond donors (Lipinski definition) is 1. The zero-order chi connectivity index (χ0) is 19.2. The standard InChI is InChI=1S/C19H19FN4OS2/c1-13-3-9-16(10-4-13)21-18-22-23-19(27-18)26-12-17(25)24(2)11-14-5-7-15(20)8-6-14/h3-10H,11-12H2,1-2H3,(H,21,22). The molecule has 5 nitrogen and oxygen atoms in total. The Balaban J connectivity index is 1.49. The number of aryl methyl sites for hydroxylation is 1. The summed E-state index contributed by atoms with van der Waals surface area (Å²) in [6, 6.07) is 14.2. The molecule has 0 radical (unpaired) electrons. The molecule has 0 spiro atoms. The van der Waals surface area contributed by atoms with Crippen molar-refractivity contribution in [1.29, 1.82) is 0 Å². The van der Waals surface area contributed by atoms with Gasteiger partial charge in [0.1, 0.15) is 5.82 Å². The minimum atomic E-state index is -0.283. The first kappa shape index (κ1) is 19.3. The van der Waals surface area contributed by atoms with Gasteiger partial charge in [-0.15, -0.1) is 10.2 Å². The summed E-state index contributed by atoms with van der Waals surface area (Å²) in [6.45, 7) is 2.48. The predicted molar refractivity (Wildman–Crippen MR) is 108 cm³/mol. The maximum Gasteiger partial charge on any atom is 0.233 e. The molecule has 1 aromatic heterocycles. The highest BCUT2D eigenvalue weighted by Gasteiger charge is 2.12. The average molecular weight is 403 g/mol. The molecule has 0 aliphatic rings. The van der Waals surface area contributed by atoms with E-state index in [0.29, 0.717) is 11.7 Å². The summed E-state index contributed by atoms with van der Waals surface area (Å²) in [5.41, 5.74) is 3.03. The quantitative estimate of drug-likeness (QED) is 0.591. The highest BCUT2D eigenvalue weighted by Crippen LogP contribution is 2.28. The number of hydrogen-bond acceptors (Lipinski definition) is 6. The number of nitrogens with zero attached hydrogens (tertiary/aromatic N) is 3. The Bertz CT molecular complexity index is 897. The van der Waals surface area contributed by atoms with E-state index < -0.39 is 0 Å². The molecule has 3 aromatic rings. The van der Waals surface area contributed by atoms with Gasteiger partial charge in [0, 0.05) is 19.3 Å². The molecule has 8 heteroatoms. The molecule has 0 unspecified atom stereocenters. The monoisotopic (exact) mass is 402 g/mol. The van der Waals surface area contributed by atoms with Gasteiger partial charge in [0.05, 0.1) is 5.75 Å². The van der Waals surface area contributed by atoms with Crippen LogP contribution in [-0.4, -0.2) is 33.8 Å². The SMILES string of the molecule is Cc1ccc(Nc2nnc(SCC(=O)N(C)Cc3ccc(F)cc3)s2)cc1. The molecule has 0 saturated heterocycles. The van der Waals surface area contributed by atoms with E-state index in [9.17, 15) is 9.18 Å². The summed E-state index contributed by atoms with van der Waals surface area (Å²) in [5.74, 6) is -0.0289. The fraction of sp³-hybridized carbons (Fsp3) is 0.211. The van der Waals surface area contributed by atoms with Crippen LogP contribution in [0.3, 0.4) is 0 Å². The Morgan fingerprint density at radius 3 is 2.56 bits per heavy atom. The lowest BCUT2D eigenvalue weighted by molar-refractivity contribution is -0.127. The van der Waals surface area contributed by atoms with Gasteiger partial charge in [-0.05, 0) is 36.8 Å². The minimum Gasteiger partial charge on any atom is -0.341 e. The zero-order valence-corrected chi connectivity index (χ0v) is 16.6. The van der Waals surface area contributed by atoms with E-state index >= 15 is 0 Å².